The van der Waals surface area contributed by atoms with Crippen molar-refractivity contribution in [3.8, 4) is 11.5 Å². The maximum absolute atomic E-state index is 13.1. The highest BCUT2D eigenvalue weighted by atomic mass is 19.1. The average Bonchev–Trinajstić information content (AvgIpc) is 3.40. The fraction of sp³-hybridized carbons (Fsp3) is 0.125. The van der Waals surface area contributed by atoms with Crippen molar-refractivity contribution < 1.29 is 37.8 Å². The third-order valence-electron chi connectivity index (χ3n) is 4.96. The van der Waals surface area contributed by atoms with Crippen LogP contribution in [0.25, 0.3) is 6.08 Å². The van der Waals surface area contributed by atoms with Gasteiger partial charge in [-0.25, -0.2) is 14.0 Å². The zero-order valence-corrected chi connectivity index (χ0v) is 17.9. The largest absolute Gasteiger partial charge is 0.493 e. The molecule has 2 aromatic carbocycles. The van der Waals surface area contributed by atoms with Crippen LogP contribution in [0.1, 0.15) is 27.4 Å². The minimum absolute atomic E-state index is 0.00869. The number of nitrogens with one attached hydrogen (secondary N) is 1. The minimum Gasteiger partial charge on any atom is -0.493 e. The van der Waals surface area contributed by atoms with Crippen LogP contribution in [0.5, 0.6) is 11.5 Å². The van der Waals surface area contributed by atoms with Gasteiger partial charge in [-0.05, 0) is 53.6 Å². The number of carbonyl (C=O) groups is 3. The summed E-state index contributed by atoms with van der Waals surface area (Å²) in [7, 11) is 1.45. The summed E-state index contributed by atoms with van der Waals surface area (Å²) in [5, 5.41) is 11.5. The van der Waals surface area contributed by atoms with E-state index in [4.69, 9.17) is 19.0 Å². The second-order valence-electron chi connectivity index (χ2n) is 7.28. The summed E-state index contributed by atoms with van der Waals surface area (Å²) < 4.78 is 29.3. The number of halogens is 1. The van der Waals surface area contributed by atoms with Crippen molar-refractivity contribution in [1.29, 1.82) is 0 Å². The van der Waals surface area contributed by atoms with Gasteiger partial charge in [-0.1, -0.05) is 18.2 Å². The molecule has 0 radical (unpaired) electrons. The van der Waals surface area contributed by atoms with Gasteiger partial charge in [-0.2, -0.15) is 0 Å². The van der Waals surface area contributed by atoms with Crippen molar-refractivity contribution in [2.75, 3.05) is 7.11 Å². The summed E-state index contributed by atoms with van der Waals surface area (Å²) in [6, 6.07) is 12.7. The Morgan fingerprint density at radius 1 is 1.12 bits per heavy atom. The predicted octanol–water partition coefficient (Wildman–Crippen LogP) is 3.80. The molecule has 1 aliphatic heterocycles. The van der Waals surface area contributed by atoms with Gasteiger partial charge in [0.1, 0.15) is 23.9 Å². The summed E-state index contributed by atoms with van der Waals surface area (Å²) in [6.45, 7) is -0.00821. The standard InChI is InChI=1S/C24H19FN2O7/c1-32-21-11-15(4-8-19(21)33-13-17-7-9-20(34-17)23(29)30)10-18-22(28)27(24(31)26-18)12-14-2-5-16(25)6-3-14/h2-11H,12-13H2,1H3,(H,26,31)(H,29,30)/b18-10-. The molecule has 3 aromatic rings. The lowest BCUT2D eigenvalue weighted by atomic mass is 10.1. The molecule has 1 aromatic heterocycles. The first-order valence-corrected chi connectivity index (χ1v) is 10.1. The van der Waals surface area contributed by atoms with Crippen molar-refractivity contribution in [3.05, 3.63) is 88.8 Å². The molecule has 0 bridgehead atoms. The number of ether oxygens (including phenoxy) is 2. The van der Waals surface area contributed by atoms with Crippen LogP contribution in [-0.4, -0.2) is 35.0 Å². The molecule has 0 aliphatic carbocycles. The number of urea groups is 1. The van der Waals surface area contributed by atoms with Crippen LogP contribution in [0.4, 0.5) is 9.18 Å². The number of aromatic carboxylic acids is 1. The molecular formula is C24H19FN2O7. The first-order chi connectivity index (χ1) is 16.3. The molecule has 3 amide bonds. The number of methoxy groups -OCH3 is 1. The lowest BCUT2D eigenvalue weighted by Gasteiger charge is -2.11. The monoisotopic (exact) mass is 466 g/mol. The highest BCUT2D eigenvalue weighted by Gasteiger charge is 2.33. The lowest BCUT2D eigenvalue weighted by molar-refractivity contribution is -0.123. The van der Waals surface area contributed by atoms with E-state index in [1.165, 1.54) is 49.6 Å². The number of hydrogen-bond acceptors (Lipinski definition) is 6. The van der Waals surface area contributed by atoms with Crippen LogP contribution in [0.2, 0.25) is 0 Å². The Hall–Kier alpha value is -4.60. The Bertz CT molecular complexity index is 1280. The van der Waals surface area contributed by atoms with Crippen molar-refractivity contribution >= 4 is 24.0 Å². The van der Waals surface area contributed by atoms with E-state index in [0.717, 1.165) is 4.90 Å². The molecule has 10 heteroatoms. The SMILES string of the molecule is COc1cc(/C=C2\NC(=O)N(Cc3ccc(F)cc3)C2=O)ccc1OCc1ccc(C(=O)O)o1. The fourth-order valence-electron chi connectivity index (χ4n) is 3.27. The molecular weight excluding hydrogens is 447 g/mol. The smallest absolute Gasteiger partial charge is 0.371 e. The normalized spacial score (nSPS) is 14.4. The Balaban J connectivity index is 1.46. The third-order valence-corrected chi connectivity index (χ3v) is 4.96. The van der Waals surface area contributed by atoms with E-state index in [-0.39, 0.29) is 24.6 Å². The fourth-order valence-corrected chi connectivity index (χ4v) is 3.27. The highest BCUT2D eigenvalue weighted by Crippen LogP contribution is 2.30. The molecule has 4 rings (SSSR count). The van der Waals surface area contributed by atoms with Crippen LogP contribution in [0, 0.1) is 5.82 Å². The van der Waals surface area contributed by atoms with Crippen LogP contribution in [0.3, 0.4) is 0 Å². The van der Waals surface area contributed by atoms with Gasteiger partial charge < -0.3 is 24.3 Å². The molecule has 2 N–H and O–H groups in total. The molecule has 0 unspecified atom stereocenters. The van der Waals surface area contributed by atoms with Crippen LogP contribution in [0.15, 0.2) is 64.7 Å². The Labute approximate surface area is 193 Å². The van der Waals surface area contributed by atoms with Crippen molar-refractivity contribution in [3.63, 3.8) is 0 Å². The third kappa shape index (κ3) is 4.90. The number of furan rings is 1. The van der Waals surface area contributed by atoms with Crippen LogP contribution in [-0.2, 0) is 17.9 Å². The Morgan fingerprint density at radius 2 is 1.88 bits per heavy atom. The number of imide groups is 1. The van der Waals surface area contributed by atoms with Gasteiger partial charge in [-0.15, -0.1) is 0 Å². The number of carboxylic acid groups (broad SMARTS) is 1. The molecule has 0 saturated carbocycles. The lowest BCUT2D eigenvalue weighted by Crippen LogP contribution is -2.30. The van der Waals surface area contributed by atoms with E-state index in [1.807, 2.05) is 0 Å². The number of carbonyl (C=O) groups excluding carboxylic acids is 2. The molecule has 9 nitrogen and oxygen atoms in total. The predicted molar refractivity (Wildman–Crippen MR) is 116 cm³/mol. The second kappa shape index (κ2) is 9.49. The van der Waals surface area contributed by atoms with Crippen LogP contribution < -0.4 is 14.8 Å². The quantitative estimate of drug-likeness (QED) is 0.383. The molecule has 1 saturated heterocycles. The van der Waals surface area contributed by atoms with Crippen LogP contribution >= 0.6 is 0 Å². The van der Waals surface area contributed by atoms with Gasteiger partial charge >= 0.3 is 12.0 Å². The van der Waals surface area contributed by atoms with E-state index in [1.54, 1.807) is 18.2 Å². The minimum atomic E-state index is -1.17. The summed E-state index contributed by atoms with van der Waals surface area (Å²) in [6.07, 6.45) is 1.50. The van der Waals surface area contributed by atoms with E-state index in [2.05, 4.69) is 5.32 Å². The molecule has 2 heterocycles. The van der Waals surface area contributed by atoms with Crippen molar-refractivity contribution in [1.82, 2.24) is 10.2 Å². The maximum atomic E-state index is 13.1. The summed E-state index contributed by atoms with van der Waals surface area (Å²) >= 11 is 0. The van der Waals surface area contributed by atoms with E-state index in [9.17, 15) is 18.8 Å². The van der Waals surface area contributed by atoms with E-state index in [0.29, 0.717) is 28.4 Å². The number of amides is 3. The number of hydrogen-bond donors (Lipinski definition) is 2. The molecule has 1 fully saturated rings. The van der Waals surface area contributed by atoms with Gasteiger partial charge in [0.05, 0.1) is 13.7 Å². The maximum Gasteiger partial charge on any atom is 0.371 e. The number of rotatable bonds is 8. The topological polar surface area (TPSA) is 118 Å². The van der Waals surface area contributed by atoms with E-state index < -0.39 is 23.7 Å². The second-order valence-corrected chi connectivity index (χ2v) is 7.28. The molecule has 0 atom stereocenters. The first kappa shape index (κ1) is 22.6. The zero-order chi connectivity index (χ0) is 24.2. The van der Waals surface area contributed by atoms with Gasteiger partial charge in [0.15, 0.2) is 11.5 Å². The van der Waals surface area contributed by atoms with Crippen molar-refractivity contribution in [2.45, 2.75) is 13.2 Å². The van der Waals surface area contributed by atoms with Gasteiger partial charge in [0, 0.05) is 0 Å². The summed E-state index contributed by atoms with van der Waals surface area (Å²) in [4.78, 5) is 36.9. The highest BCUT2D eigenvalue weighted by molar-refractivity contribution is 6.13. The van der Waals surface area contributed by atoms with Gasteiger partial charge in [0.25, 0.3) is 5.91 Å². The van der Waals surface area contributed by atoms with E-state index >= 15 is 0 Å². The molecule has 34 heavy (non-hydrogen) atoms. The molecule has 174 valence electrons. The van der Waals surface area contributed by atoms with Gasteiger partial charge in [-0.3, -0.25) is 9.69 Å². The molecule has 1 aliphatic rings. The first-order valence-electron chi connectivity index (χ1n) is 10.1. The number of nitrogens with zero attached hydrogens (tertiary/aromatic N) is 1. The Kier molecular flexibility index (Phi) is 6.30. The van der Waals surface area contributed by atoms with Crippen molar-refractivity contribution in [2.24, 2.45) is 0 Å². The summed E-state index contributed by atoms with van der Waals surface area (Å²) in [5.74, 6) is -1.23. The zero-order valence-electron chi connectivity index (χ0n) is 17.9. The summed E-state index contributed by atoms with van der Waals surface area (Å²) in [5.41, 5.74) is 1.27. The number of carboxylic acids is 1. The van der Waals surface area contributed by atoms with Gasteiger partial charge in [0.2, 0.25) is 5.76 Å². The molecule has 0 spiro atoms. The Morgan fingerprint density at radius 3 is 2.56 bits per heavy atom. The number of benzene rings is 2. The average molecular weight is 466 g/mol.